The number of hydrogen-bond acceptors (Lipinski definition) is 4. The zero-order valence-electron chi connectivity index (χ0n) is 17.9. The molecule has 0 bridgehead atoms. The molecule has 0 fully saturated rings. The van der Waals surface area contributed by atoms with Crippen molar-refractivity contribution >= 4 is 21.7 Å². The van der Waals surface area contributed by atoms with E-state index in [0.717, 1.165) is 11.1 Å². The number of ether oxygens (including phenoxy) is 1. The number of methoxy groups -OCH3 is 1. The van der Waals surface area contributed by atoms with E-state index in [1.807, 2.05) is 43.3 Å². The molecule has 0 amide bonds. The van der Waals surface area contributed by atoms with E-state index in [1.165, 1.54) is 11.4 Å². The van der Waals surface area contributed by atoms with Crippen LogP contribution in [0.5, 0.6) is 0 Å². The first-order valence-electron chi connectivity index (χ1n) is 10.1. The van der Waals surface area contributed by atoms with E-state index in [-0.39, 0.29) is 21.9 Å². The van der Waals surface area contributed by atoms with Crippen molar-refractivity contribution in [2.45, 2.75) is 17.7 Å². The first kappa shape index (κ1) is 21.6. The molecule has 0 aromatic heterocycles. The van der Waals surface area contributed by atoms with Gasteiger partial charge < -0.3 is 4.74 Å². The lowest BCUT2D eigenvalue weighted by Gasteiger charge is -2.25. The maximum atomic E-state index is 13.9. The van der Waals surface area contributed by atoms with Crippen molar-refractivity contribution in [2.75, 3.05) is 7.11 Å². The van der Waals surface area contributed by atoms with Crippen LogP contribution in [0.15, 0.2) is 108 Å². The molecule has 0 aliphatic carbocycles. The van der Waals surface area contributed by atoms with Gasteiger partial charge in [0, 0.05) is 5.70 Å². The number of esters is 1. The van der Waals surface area contributed by atoms with Crippen molar-refractivity contribution in [1.29, 1.82) is 0 Å². The lowest BCUT2D eigenvalue weighted by molar-refractivity contribution is -0.136. The Morgan fingerprint density at radius 2 is 1.47 bits per heavy atom. The molecule has 1 aliphatic heterocycles. The highest BCUT2D eigenvalue weighted by molar-refractivity contribution is 7.89. The van der Waals surface area contributed by atoms with Gasteiger partial charge in [-0.1, -0.05) is 84.9 Å². The SMILES string of the molecule is C=C1[C@H](c2ccccc2)C(C(=O)OC)=C(c2ccccc2)N1S(=O)(=O)c1ccc(C)cc1. The van der Waals surface area contributed by atoms with E-state index >= 15 is 0 Å². The van der Waals surface area contributed by atoms with Crippen LogP contribution in [-0.4, -0.2) is 25.8 Å². The Kier molecular flexibility index (Phi) is 5.72. The average Bonchev–Trinajstić information content (AvgIpc) is 3.13. The van der Waals surface area contributed by atoms with Crippen molar-refractivity contribution in [2.24, 2.45) is 0 Å². The fraction of sp³-hybridized carbons (Fsp3) is 0.115. The fourth-order valence-corrected chi connectivity index (χ4v) is 5.51. The summed E-state index contributed by atoms with van der Waals surface area (Å²) in [5.41, 5.74) is 3.06. The molecule has 0 unspecified atom stereocenters. The number of hydrogen-bond donors (Lipinski definition) is 0. The van der Waals surface area contributed by atoms with Crippen molar-refractivity contribution in [3.63, 3.8) is 0 Å². The van der Waals surface area contributed by atoms with Gasteiger partial charge in [0.15, 0.2) is 0 Å². The third-order valence-electron chi connectivity index (χ3n) is 5.49. The van der Waals surface area contributed by atoms with Gasteiger partial charge in [0.1, 0.15) is 0 Å². The van der Waals surface area contributed by atoms with Crippen LogP contribution < -0.4 is 0 Å². The van der Waals surface area contributed by atoms with Crippen LogP contribution in [0, 0.1) is 6.92 Å². The first-order chi connectivity index (χ1) is 15.4. The summed E-state index contributed by atoms with van der Waals surface area (Å²) < 4.78 is 34.0. The Balaban J connectivity index is 2.02. The minimum absolute atomic E-state index is 0.121. The van der Waals surface area contributed by atoms with Crippen molar-refractivity contribution in [1.82, 2.24) is 4.31 Å². The quantitative estimate of drug-likeness (QED) is 0.525. The van der Waals surface area contributed by atoms with Gasteiger partial charge in [-0.25, -0.2) is 17.5 Å². The Morgan fingerprint density at radius 1 is 0.906 bits per heavy atom. The van der Waals surface area contributed by atoms with Crippen molar-refractivity contribution in [3.05, 3.63) is 119 Å². The molecular formula is C26H23NO4S. The van der Waals surface area contributed by atoms with Crippen molar-refractivity contribution < 1.29 is 17.9 Å². The normalized spacial score (nSPS) is 16.4. The minimum atomic E-state index is -4.05. The summed E-state index contributed by atoms with van der Waals surface area (Å²) in [4.78, 5) is 13.2. The van der Waals surface area contributed by atoms with Crippen LogP contribution in [0.4, 0.5) is 0 Å². The molecule has 32 heavy (non-hydrogen) atoms. The maximum absolute atomic E-state index is 13.9. The van der Waals surface area contributed by atoms with Crippen LogP contribution >= 0.6 is 0 Å². The van der Waals surface area contributed by atoms with Crippen LogP contribution in [-0.2, 0) is 19.6 Å². The van der Waals surface area contributed by atoms with E-state index in [9.17, 15) is 13.2 Å². The predicted molar refractivity (Wildman–Crippen MR) is 124 cm³/mol. The molecule has 0 spiro atoms. The van der Waals surface area contributed by atoms with Crippen LogP contribution in [0.25, 0.3) is 5.70 Å². The van der Waals surface area contributed by atoms with Gasteiger partial charge in [-0.05, 0) is 30.2 Å². The third kappa shape index (κ3) is 3.63. The number of aryl methyl sites for hydroxylation is 1. The predicted octanol–water partition coefficient (Wildman–Crippen LogP) is 4.88. The number of sulfonamides is 1. The Morgan fingerprint density at radius 3 is 2.03 bits per heavy atom. The lowest BCUT2D eigenvalue weighted by Crippen LogP contribution is -2.27. The molecule has 1 heterocycles. The Hall–Kier alpha value is -3.64. The molecular weight excluding hydrogens is 422 g/mol. The van der Waals surface area contributed by atoms with E-state index < -0.39 is 21.9 Å². The van der Waals surface area contributed by atoms with Gasteiger partial charge in [-0.2, -0.15) is 0 Å². The van der Waals surface area contributed by atoms with E-state index in [4.69, 9.17) is 4.74 Å². The second-order valence-corrected chi connectivity index (χ2v) is 9.32. The average molecular weight is 446 g/mol. The number of benzene rings is 3. The van der Waals surface area contributed by atoms with Gasteiger partial charge in [-0.15, -0.1) is 0 Å². The zero-order chi connectivity index (χ0) is 22.9. The molecule has 0 N–H and O–H groups in total. The molecule has 0 saturated heterocycles. The summed E-state index contributed by atoms with van der Waals surface area (Å²) in [6.45, 7) is 6.03. The fourth-order valence-electron chi connectivity index (χ4n) is 3.96. The summed E-state index contributed by atoms with van der Waals surface area (Å²) in [6, 6.07) is 24.8. The summed E-state index contributed by atoms with van der Waals surface area (Å²) in [6.07, 6.45) is 0. The largest absolute Gasteiger partial charge is 0.466 e. The maximum Gasteiger partial charge on any atom is 0.336 e. The molecule has 4 rings (SSSR count). The number of allylic oxidation sites excluding steroid dienone is 1. The molecule has 6 heteroatoms. The molecule has 0 radical (unpaired) electrons. The third-order valence-corrected chi connectivity index (χ3v) is 7.25. The summed E-state index contributed by atoms with van der Waals surface area (Å²) >= 11 is 0. The summed E-state index contributed by atoms with van der Waals surface area (Å²) in [7, 11) is -2.76. The Bertz CT molecular complexity index is 1290. The van der Waals surface area contributed by atoms with Gasteiger partial charge in [-0.3, -0.25) is 0 Å². The molecule has 3 aromatic carbocycles. The van der Waals surface area contributed by atoms with Crippen LogP contribution in [0.2, 0.25) is 0 Å². The molecule has 3 aromatic rings. The molecule has 162 valence electrons. The Labute approximate surface area is 188 Å². The van der Waals surface area contributed by atoms with E-state index in [0.29, 0.717) is 5.56 Å². The second-order valence-electron chi connectivity index (χ2n) is 7.54. The molecule has 5 nitrogen and oxygen atoms in total. The zero-order valence-corrected chi connectivity index (χ0v) is 18.7. The molecule has 1 aliphatic rings. The van der Waals surface area contributed by atoms with Crippen molar-refractivity contribution in [3.8, 4) is 0 Å². The minimum Gasteiger partial charge on any atom is -0.466 e. The molecule has 0 saturated carbocycles. The van der Waals surface area contributed by atoms with Gasteiger partial charge in [0.05, 0.1) is 29.2 Å². The number of carbonyl (C=O) groups excluding carboxylic acids is 1. The highest BCUT2D eigenvalue weighted by atomic mass is 32.2. The van der Waals surface area contributed by atoms with Crippen LogP contribution in [0.1, 0.15) is 22.6 Å². The lowest BCUT2D eigenvalue weighted by atomic mass is 9.89. The number of rotatable bonds is 5. The van der Waals surface area contributed by atoms with Gasteiger partial charge >= 0.3 is 5.97 Å². The highest BCUT2D eigenvalue weighted by Gasteiger charge is 2.46. The second kappa shape index (κ2) is 8.48. The summed E-state index contributed by atoms with van der Waals surface area (Å²) in [5.74, 6) is -1.26. The van der Waals surface area contributed by atoms with Gasteiger partial charge in [0.25, 0.3) is 10.0 Å². The summed E-state index contributed by atoms with van der Waals surface area (Å²) in [5, 5.41) is 0. The first-order valence-corrected chi connectivity index (χ1v) is 11.5. The smallest absolute Gasteiger partial charge is 0.336 e. The standard InChI is InChI=1S/C26H23NO4S/c1-18-14-16-22(17-15-18)32(29,30)27-19(2)23(20-10-6-4-7-11-20)24(26(28)31-3)25(27)21-12-8-5-9-13-21/h4-17,23H,2H2,1,3H3/t23-/m1/s1. The number of nitrogens with zero attached hydrogens (tertiary/aromatic N) is 1. The van der Waals surface area contributed by atoms with E-state index in [1.54, 1.807) is 48.5 Å². The number of carbonyl (C=O) groups is 1. The molecule has 1 atom stereocenters. The van der Waals surface area contributed by atoms with Gasteiger partial charge in [0.2, 0.25) is 0 Å². The monoisotopic (exact) mass is 445 g/mol. The highest BCUT2D eigenvalue weighted by Crippen LogP contribution is 2.49. The van der Waals surface area contributed by atoms with E-state index in [2.05, 4.69) is 6.58 Å². The van der Waals surface area contributed by atoms with Crippen LogP contribution in [0.3, 0.4) is 0 Å². The topological polar surface area (TPSA) is 63.7 Å².